The van der Waals surface area contributed by atoms with E-state index in [1.165, 1.54) is 24.8 Å². The maximum atomic E-state index is 12.9. The first-order valence-electron chi connectivity index (χ1n) is 11.1. The number of likely N-dealkylation sites (N-methyl/N-ethyl adjacent to an activating group) is 1. The van der Waals surface area contributed by atoms with Gasteiger partial charge in [-0.05, 0) is 57.2 Å². The second-order valence-electron chi connectivity index (χ2n) is 8.87. The standard InChI is InChI=1S/C24H33N3O2/c1-18-15-22(25-27(18)21-11-7-4-8-12-21)24(28)29-23(20-13-14-20)17-26(2)16-19-9-5-3-6-10-19/h3,5-6,9-10,15,20-21,23H,4,7-8,11-14,16-17H2,1-2H3. The molecule has 2 aromatic rings. The van der Waals surface area contributed by atoms with Crippen molar-refractivity contribution in [2.45, 2.75) is 70.6 Å². The molecule has 0 spiro atoms. The summed E-state index contributed by atoms with van der Waals surface area (Å²) in [5, 5.41) is 4.64. The van der Waals surface area contributed by atoms with Crippen molar-refractivity contribution in [3.05, 3.63) is 53.3 Å². The summed E-state index contributed by atoms with van der Waals surface area (Å²) in [5.41, 5.74) is 2.80. The van der Waals surface area contributed by atoms with Crippen molar-refractivity contribution in [3.8, 4) is 0 Å². The van der Waals surface area contributed by atoms with Crippen LogP contribution in [0.15, 0.2) is 36.4 Å². The summed E-state index contributed by atoms with van der Waals surface area (Å²) in [6.45, 7) is 3.66. The van der Waals surface area contributed by atoms with Gasteiger partial charge < -0.3 is 4.74 Å². The van der Waals surface area contributed by atoms with E-state index in [0.717, 1.165) is 44.5 Å². The van der Waals surface area contributed by atoms with Crippen LogP contribution in [-0.4, -0.2) is 40.3 Å². The summed E-state index contributed by atoms with van der Waals surface area (Å²) < 4.78 is 8.03. The highest BCUT2D eigenvalue weighted by Gasteiger charge is 2.35. The predicted molar refractivity (Wildman–Crippen MR) is 114 cm³/mol. The van der Waals surface area contributed by atoms with E-state index in [2.05, 4.69) is 46.0 Å². The Kier molecular flexibility index (Phi) is 6.34. The fraction of sp³-hybridized carbons (Fsp3) is 0.583. The van der Waals surface area contributed by atoms with Crippen molar-refractivity contribution < 1.29 is 9.53 Å². The van der Waals surface area contributed by atoms with Gasteiger partial charge in [-0.3, -0.25) is 9.58 Å². The van der Waals surface area contributed by atoms with E-state index in [1.54, 1.807) is 0 Å². The second kappa shape index (κ2) is 9.12. The van der Waals surface area contributed by atoms with Gasteiger partial charge in [-0.2, -0.15) is 5.10 Å². The summed E-state index contributed by atoms with van der Waals surface area (Å²) >= 11 is 0. The highest BCUT2D eigenvalue weighted by molar-refractivity contribution is 5.87. The van der Waals surface area contributed by atoms with Gasteiger partial charge in [-0.25, -0.2) is 4.79 Å². The normalized spacial score (nSPS) is 18.7. The lowest BCUT2D eigenvalue weighted by Crippen LogP contribution is -2.34. The van der Waals surface area contributed by atoms with Gasteiger partial charge in [-0.1, -0.05) is 49.6 Å². The molecule has 2 saturated carbocycles. The van der Waals surface area contributed by atoms with Gasteiger partial charge >= 0.3 is 5.97 Å². The number of benzene rings is 1. The Labute approximate surface area is 174 Å². The Morgan fingerprint density at radius 1 is 1.17 bits per heavy atom. The molecule has 1 aromatic heterocycles. The van der Waals surface area contributed by atoms with Gasteiger partial charge in [-0.15, -0.1) is 0 Å². The molecule has 5 heteroatoms. The van der Waals surface area contributed by atoms with Gasteiger partial charge in [0, 0.05) is 18.8 Å². The number of ether oxygens (including phenoxy) is 1. The van der Waals surface area contributed by atoms with Gasteiger partial charge in [0.25, 0.3) is 0 Å². The Morgan fingerprint density at radius 2 is 1.90 bits per heavy atom. The molecule has 0 saturated heterocycles. The van der Waals surface area contributed by atoms with Crippen molar-refractivity contribution >= 4 is 5.97 Å². The van der Waals surface area contributed by atoms with Crippen LogP contribution in [-0.2, 0) is 11.3 Å². The molecule has 1 aromatic carbocycles. The van der Waals surface area contributed by atoms with Crippen LogP contribution in [0.25, 0.3) is 0 Å². The monoisotopic (exact) mass is 395 g/mol. The molecular formula is C24H33N3O2. The van der Waals surface area contributed by atoms with E-state index in [0.29, 0.717) is 17.7 Å². The van der Waals surface area contributed by atoms with Crippen LogP contribution >= 0.6 is 0 Å². The zero-order valence-corrected chi connectivity index (χ0v) is 17.7. The van der Waals surface area contributed by atoms with Crippen molar-refractivity contribution in [2.75, 3.05) is 13.6 Å². The maximum absolute atomic E-state index is 12.9. The quantitative estimate of drug-likeness (QED) is 0.605. The molecule has 1 unspecified atom stereocenters. The number of carbonyl (C=O) groups excluding carboxylic acids is 1. The molecule has 1 heterocycles. The smallest absolute Gasteiger partial charge is 0.359 e. The first kappa shape index (κ1) is 20.1. The Bertz CT molecular complexity index is 807. The molecule has 0 N–H and O–H groups in total. The maximum Gasteiger partial charge on any atom is 0.359 e. The summed E-state index contributed by atoms with van der Waals surface area (Å²) in [5.74, 6) is 0.214. The average Bonchev–Trinajstić information content (AvgIpc) is 3.50. The predicted octanol–water partition coefficient (Wildman–Crippen LogP) is 4.76. The molecule has 4 rings (SSSR count). The van der Waals surface area contributed by atoms with Gasteiger partial charge in [0.15, 0.2) is 5.69 Å². The highest BCUT2D eigenvalue weighted by atomic mass is 16.5. The lowest BCUT2D eigenvalue weighted by atomic mass is 9.95. The fourth-order valence-corrected chi connectivity index (χ4v) is 4.50. The molecule has 0 radical (unpaired) electrons. The minimum absolute atomic E-state index is 0.0589. The third-order valence-corrected chi connectivity index (χ3v) is 6.25. The number of carbonyl (C=O) groups is 1. The van der Waals surface area contributed by atoms with E-state index >= 15 is 0 Å². The molecule has 2 fully saturated rings. The molecule has 5 nitrogen and oxygen atoms in total. The first-order valence-corrected chi connectivity index (χ1v) is 11.1. The molecule has 0 aliphatic heterocycles. The highest BCUT2D eigenvalue weighted by Crippen LogP contribution is 2.35. The van der Waals surface area contributed by atoms with Crippen molar-refractivity contribution in [1.29, 1.82) is 0 Å². The van der Waals surface area contributed by atoms with Crippen LogP contribution in [0.3, 0.4) is 0 Å². The van der Waals surface area contributed by atoms with Crippen LogP contribution in [0.4, 0.5) is 0 Å². The number of aryl methyl sites for hydroxylation is 1. The van der Waals surface area contributed by atoms with Crippen LogP contribution in [0.1, 0.15) is 72.7 Å². The number of rotatable bonds is 8. The topological polar surface area (TPSA) is 47.4 Å². The molecular weight excluding hydrogens is 362 g/mol. The summed E-state index contributed by atoms with van der Waals surface area (Å²) in [4.78, 5) is 15.1. The third-order valence-electron chi connectivity index (χ3n) is 6.25. The van der Waals surface area contributed by atoms with E-state index in [9.17, 15) is 4.79 Å². The SMILES string of the molecule is Cc1cc(C(=O)OC(CN(C)Cc2ccccc2)C2CC2)nn1C1CCCCC1. The largest absolute Gasteiger partial charge is 0.456 e. The molecule has 2 aliphatic carbocycles. The third kappa shape index (κ3) is 5.27. The number of aromatic nitrogens is 2. The molecule has 0 amide bonds. The van der Waals surface area contributed by atoms with Gasteiger partial charge in [0.05, 0.1) is 6.04 Å². The first-order chi connectivity index (χ1) is 14.1. The van der Waals surface area contributed by atoms with Crippen LogP contribution in [0.5, 0.6) is 0 Å². The van der Waals surface area contributed by atoms with E-state index in [1.807, 2.05) is 19.1 Å². The zero-order valence-electron chi connectivity index (χ0n) is 17.7. The van der Waals surface area contributed by atoms with Crippen LogP contribution in [0.2, 0.25) is 0 Å². The van der Waals surface area contributed by atoms with Crippen molar-refractivity contribution in [3.63, 3.8) is 0 Å². The second-order valence-corrected chi connectivity index (χ2v) is 8.87. The Hall–Kier alpha value is -2.14. The van der Waals surface area contributed by atoms with E-state index in [-0.39, 0.29) is 12.1 Å². The zero-order chi connectivity index (χ0) is 20.2. The summed E-state index contributed by atoms with van der Waals surface area (Å²) in [6.07, 6.45) is 8.36. The lowest BCUT2D eigenvalue weighted by Gasteiger charge is -2.24. The Balaban J connectivity index is 1.37. The molecule has 156 valence electrons. The molecule has 1 atom stereocenters. The molecule has 29 heavy (non-hydrogen) atoms. The van der Waals surface area contributed by atoms with Gasteiger partial charge in [0.1, 0.15) is 6.10 Å². The lowest BCUT2D eigenvalue weighted by molar-refractivity contribution is 0.0148. The average molecular weight is 396 g/mol. The van der Waals surface area contributed by atoms with Crippen molar-refractivity contribution in [2.24, 2.45) is 5.92 Å². The molecule has 0 bridgehead atoms. The summed E-state index contributed by atoms with van der Waals surface area (Å²) in [6, 6.07) is 12.8. The van der Waals surface area contributed by atoms with Crippen molar-refractivity contribution in [1.82, 2.24) is 14.7 Å². The molecule has 2 aliphatic rings. The Morgan fingerprint density at radius 3 is 2.59 bits per heavy atom. The number of hydrogen-bond donors (Lipinski definition) is 0. The van der Waals surface area contributed by atoms with Crippen LogP contribution in [0, 0.1) is 12.8 Å². The van der Waals surface area contributed by atoms with E-state index in [4.69, 9.17) is 4.74 Å². The number of nitrogens with zero attached hydrogens (tertiary/aromatic N) is 3. The summed E-state index contributed by atoms with van der Waals surface area (Å²) in [7, 11) is 2.10. The van der Waals surface area contributed by atoms with Gasteiger partial charge in [0.2, 0.25) is 0 Å². The minimum Gasteiger partial charge on any atom is -0.456 e. The fourth-order valence-electron chi connectivity index (χ4n) is 4.50. The van der Waals surface area contributed by atoms with E-state index < -0.39 is 0 Å². The number of esters is 1. The number of hydrogen-bond acceptors (Lipinski definition) is 4. The minimum atomic E-state index is -0.271. The van der Waals surface area contributed by atoms with Crippen LogP contribution < -0.4 is 0 Å².